The average molecular weight is 208 g/mol. The number of fused-ring (bicyclic) bond motifs is 1. The monoisotopic (exact) mass is 208 g/mol. The highest BCUT2D eigenvalue weighted by molar-refractivity contribution is 5.42. The summed E-state index contributed by atoms with van der Waals surface area (Å²) >= 11 is 0. The van der Waals surface area contributed by atoms with E-state index in [0.717, 1.165) is 5.82 Å². The summed E-state index contributed by atoms with van der Waals surface area (Å²) in [5.41, 5.74) is 0.625. The number of methoxy groups -OCH3 is 1. The van der Waals surface area contributed by atoms with Crippen LogP contribution < -0.4 is 5.32 Å². The van der Waals surface area contributed by atoms with Gasteiger partial charge in [0.05, 0.1) is 6.10 Å². The average Bonchev–Trinajstić information content (AvgIpc) is 2.72. The van der Waals surface area contributed by atoms with E-state index in [-0.39, 0.29) is 6.10 Å². The van der Waals surface area contributed by atoms with Crippen LogP contribution in [0.25, 0.3) is 5.65 Å². The normalized spacial score (nSPS) is 12.9. The van der Waals surface area contributed by atoms with Gasteiger partial charge in [0, 0.05) is 13.7 Å². The second-order valence-electron chi connectivity index (χ2n) is 3.17. The van der Waals surface area contributed by atoms with Gasteiger partial charge in [-0.05, 0) is 29.5 Å². The number of rotatable bonds is 4. The maximum Gasteiger partial charge on any atom is 0.200 e. The summed E-state index contributed by atoms with van der Waals surface area (Å²) in [7, 11) is 1.67. The van der Waals surface area contributed by atoms with Crippen LogP contribution in [0, 0.1) is 0 Å². The fraction of sp³-hybridized carbons (Fsp3) is 0.500. The first-order chi connectivity index (χ1) is 7.29. The molecule has 0 bridgehead atoms. The zero-order valence-corrected chi connectivity index (χ0v) is 8.58. The third-order valence-corrected chi connectivity index (χ3v) is 2.04. The lowest BCUT2D eigenvalue weighted by atomic mass is 10.4. The Morgan fingerprint density at radius 1 is 1.53 bits per heavy atom. The van der Waals surface area contributed by atoms with Crippen LogP contribution in [0.2, 0.25) is 0 Å². The van der Waals surface area contributed by atoms with Gasteiger partial charge in [-0.1, -0.05) is 0 Å². The molecule has 1 N–H and O–H groups in total. The Hall–Kier alpha value is -1.76. The molecule has 0 radical (unpaired) electrons. The molecule has 15 heavy (non-hydrogen) atoms. The van der Waals surface area contributed by atoms with Gasteiger partial charge in [-0.25, -0.2) is 0 Å². The SMILES string of the molecule is COC(C)CNc1ccc2nnnn2n1. The van der Waals surface area contributed by atoms with Crippen molar-refractivity contribution in [1.29, 1.82) is 0 Å². The van der Waals surface area contributed by atoms with Crippen molar-refractivity contribution < 1.29 is 4.74 Å². The minimum absolute atomic E-state index is 0.136. The molecule has 0 fully saturated rings. The van der Waals surface area contributed by atoms with Crippen LogP contribution in [0.1, 0.15) is 6.92 Å². The van der Waals surface area contributed by atoms with Crippen molar-refractivity contribution in [3.8, 4) is 0 Å². The molecule has 0 saturated heterocycles. The van der Waals surface area contributed by atoms with E-state index < -0.39 is 0 Å². The maximum atomic E-state index is 5.11. The zero-order chi connectivity index (χ0) is 10.7. The van der Waals surface area contributed by atoms with Gasteiger partial charge in [-0.15, -0.1) is 14.8 Å². The Kier molecular flexibility index (Phi) is 2.72. The van der Waals surface area contributed by atoms with Crippen molar-refractivity contribution in [2.75, 3.05) is 19.0 Å². The van der Waals surface area contributed by atoms with E-state index in [1.165, 1.54) is 4.63 Å². The molecule has 80 valence electrons. The predicted molar refractivity (Wildman–Crippen MR) is 53.5 cm³/mol. The molecule has 0 aromatic carbocycles. The number of nitrogens with zero attached hydrogens (tertiary/aromatic N) is 5. The highest BCUT2D eigenvalue weighted by Crippen LogP contribution is 2.03. The van der Waals surface area contributed by atoms with E-state index in [1.54, 1.807) is 13.2 Å². The maximum absolute atomic E-state index is 5.11. The van der Waals surface area contributed by atoms with Crippen molar-refractivity contribution in [3.05, 3.63) is 12.1 Å². The van der Waals surface area contributed by atoms with Gasteiger partial charge >= 0.3 is 0 Å². The lowest BCUT2D eigenvalue weighted by molar-refractivity contribution is 0.128. The summed E-state index contributed by atoms with van der Waals surface area (Å²) in [5, 5.41) is 18.2. The van der Waals surface area contributed by atoms with Gasteiger partial charge in [-0.3, -0.25) is 0 Å². The van der Waals surface area contributed by atoms with Crippen LogP contribution >= 0.6 is 0 Å². The molecule has 1 unspecified atom stereocenters. The van der Waals surface area contributed by atoms with E-state index in [1.807, 2.05) is 13.0 Å². The van der Waals surface area contributed by atoms with Crippen LogP contribution in [-0.4, -0.2) is 45.0 Å². The van der Waals surface area contributed by atoms with Gasteiger partial charge < -0.3 is 10.1 Å². The second-order valence-corrected chi connectivity index (χ2v) is 3.17. The largest absolute Gasteiger partial charge is 0.380 e. The molecular formula is C8H12N6O. The van der Waals surface area contributed by atoms with Crippen molar-refractivity contribution in [2.45, 2.75) is 13.0 Å². The number of hydrogen-bond acceptors (Lipinski definition) is 6. The van der Waals surface area contributed by atoms with Crippen molar-refractivity contribution in [3.63, 3.8) is 0 Å². The van der Waals surface area contributed by atoms with E-state index in [9.17, 15) is 0 Å². The molecule has 0 spiro atoms. The first-order valence-electron chi connectivity index (χ1n) is 4.61. The Morgan fingerprint density at radius 3 is 3.20 bits per heavy atom. The lowest BCUT2D eigenvalue weighted by Gasteiger charge is -2.10. The van der Waals surface area contributed by atoms with E-state index in [0.29, 0.717) is 12.2 Å². The van der Waals surface area contributed by atoms with Gasteiger partial charge in [0.2, 0.25) is 0 Å². The van der Waals surface area contributed by atoms with Crippen LogP contribution in [0.5, 0.6) is 0 Å². The van der Waals surface area contributed by atoms with E-state index in [2.05, 4.69) is 25.9 Å². The molecule has 0 aliphatic rings. The number of aromatic nitrogens is 5. The highest BCUT2D eigenvalue weighted by Gasteiger charge is 2.02. The van der Waals surface area contributed by atoms with E-state index >= 15 is 0 Å². The topological polar surface area (TPSA) is 77.2 Å². The third kappa shape index (κ3) is 2.18. The Balaban J connectivity index is 2.08. The van der Waals surface area contributed by atoms with Crippen molar-refractivity contribution >= 4 is 11.5 Å². The van der Waals surface area contributed by atoms with Crippen molar-refractivity contribution in [1.82, 2.24) is 25.3 Å². The quantitative estimate of drug-likeness (QED) is 0.760. The molecule has 2 heterocycles. The van der Waals surface area contributed by atoms with Crippen LogP contribution in [0.3, 0.4) is 0 Å². The minimum Gasteiger partial charge on any atom is -0.380 e. The number of nitrogens with one attached hydrogen (secondary N) is 1. The fourth-order valence-electron chi connectivity index (χ4n) is 1.08. The molecule has 7 heteroatoms. The molecule has 7 nitrogen and oxygen atoms in total. The smallest absolute Gasteiger partial charge is 0.200 e. The number of ether oxygens (including phenoxy) is 1. The standard InChI is InChI=1S/C8H12N6O/c1-6(15-2)5-9-7-3-4-8-10-12-13-14(8)11-7/h3-4,6H,5H2,1-2H3,(H,9,11). The number of hydrogen-bond donors (Lipinski definition) is 1. The van der Waals surface area contributed by atoms with Crippen LogP contribution in [0.15, 0.2) is 12.1 Å². The van der Waals surface area contributed by atoms with Crippen molar-refractivity contribution in [2.24, 2.45) is 0 Å². The Labute approximate surface area is 86.4 Å². The molecule has 0 amide bonds. The third-order valence-electron chi connectivity index (χ3n) is 2.04. The van der Waals surface area contributed by atoms with Crippen LogP contribution in [0.4, 0.5) is 5.82 Å². The molecule has 0 saturated carbocycles. The Bertz CT molecular complexity index is 441. The molecule has 2 aromatic rings. The van der Waals surface area contributed by atoms with Gasteiger partial charge in [0.1, 0.15) is 5.82 Å². The summed E-state index contributed by atoms with van der Waals surface area (Å²) in [6.07, 6.45) is 0.136. The van der Waals surface area contributed by atoms with Gasteiger partial charge in [0.25, 0.3) is 0 Å². The molecule has 0 aliphatic heterocycles. The molecule has 2 rings (SSSR count). The van der Waals surface area contributed by atoms with Gasteiger partial charge in [0.15, 0.2) is 5.65 Å². The molecule has 0 aliphatic carbocycles. The number of anilines is 1. The summed E-state index contributed by atoms with van der Waals surface area (Å²) in [5.74, 6) is 0.721. The summed E-state index contributed by atoms with van der Waals surface area (Å²) < 4.78 is 6.48. The summed E-state index contributed by atoms with van der Waals surface area (Å²) in [4.78, 5) is 0. The van der Waals surface area contributed by atoms with Crippen LogP contribution in [-0.2, 0) is 4.74 Å². The predicted octanol–water partition coefficient (Wildman–Crippen LogP) is -0.0339. The summed E-state index contributed by atoms with van der Waals surface area (Å²) in [6.45, 7) is 2.67. The first-order valence-corrected chi connectivity index (χ1v) is 4.61. The summed E-state index contributed by atoms with van der Waals surface area (Å²) in [6, 6.07) is 3.63. The van der Waals surface area contributed by atoms with Gasteiger partial charge in [-0.2, -0.15) is 0 Å². The Morgan fingerprint density at radius 2 is 2.40 bits per heavy atom. The number of tetrazole rings is 1. The zero-order valence-electron chi connectivity index (χ0n) is 8.58. The van der Waals surface area contributed by atoms with E-state index in [4.69, 9.17) is 4.74 Å². The minimum atomic E-state index is 0.136. The lowest BCUT2D eigenvalue weighted by Crippen LogP contribution is -2.19. The molecule has 2 aromatic heterocycles. The molecule has 1 atom stereocenters. The fourth-order valence-corrected chi connectivity index (χ4v) is 1.08. The first kappa shape index (κ1) is 9.78. The highest BCUT2D eigenvalue weighted by atomic mass is 16.5. The second kappa shape index (κ2) is 4.18. The molecular weight excluding hydrogens is 196 g/mol.